The molecule has 0 radical (unpaired) electrons. The second-order valence-corrected chi connectivity index (χ2v) is 7.19. The smallest absolute Gasteiger partial charge is 0.333 e. The molecule has 9 heteroatoms. The summed E-state index contributed by atoms with van der Waals surface area (Å²) in [5.74, 6) is -0.850. The lowest BCUT2D eigenvalue weighted by Gasteiger charge is -2.24. The number of nitrogens with zero attached hydrogens (tertiary/aromatic N) is 1. The zero-order valence-electron chi connectivity index (χ0n) is 15.8. The van der Waals surface area contributed by atoms with Gasteiger partial charge in [-0.05, 0) is 44.7 Å². The highest BCUT2D eigenvalue weighted by molar-refractivity contribution is 5.92. The van der Waals surface area contributed by atoms with Gasteiger partial charge in [0, 0.05) is 0 Å². The van der Waals surface area contributed by atoms with Crippen molar-refractivity contribution in [2.24, 2.45) is 5.92 Å². The fourth-order valence-corrected chi connectivity index (χ4v) is 3.02. The van der Waals surface area contributed by atoms with Gasteiger partial charge in [-0.1, -0.05) is 12.1 Å². The number of rotatable bonds is 8. The van der Waals surface area contributed by atoms with Crippen LogP contribution < -0.4 is 15.5 Å². The summed E-state index contributed by atoms with van der Waals surface area (Å²) in [5.41, 5.74) is -2.16. The Hall–Kier alpha value is -2.60. The summed E-state index contributed by atoms with van der Waals surface area (Å²) >= 11 is 0. The van der Waals surface area contributed by atoms with E-state index in [9.17, 15) is 28.0 Å². The van der Waals surface area contributed by atoms with E-state index in [1.54, 1.807) is 13.8 Å². The molecule has 0 aromatic heterocycles. The SMILES string of the molecule is CC[NH+](CC(=O)Nc1ccccc1C(F)(F)F)CC(=O)N[C@](C)(C#N)C1CC1. The molecule has 2 rings (SSSR count). The lowest BCUT2D eigenvalue weighted by Crippen LogP contribution is -3.14. The molecule has 1 unspecified atom stereocenters. The van der Waals surface area contributed by atoms with Crippen molar-refractivity contribution in [1.82, 2.24) is 5.32 Å². The van der Waals surface area contributed by atoms with Crippen molar-refractivity contribution < 1.29 is 27.7 Å². The summed E-state index contributed by atoms with van der Waals surface area (Å²) in [6.07, 6.45) is -2.81. The number of carbonyl (C=O) groups excluding carboxylic acids is 2. The first-order valence-corrected chi connectivity index (χ1v) is 9.11. The third-order valence-electron chi connectivity index (χ3n) is 4.85. The van der Waals surface area contributed by atoms with Crippen molar-refractivity contribution in [2.45, 2.75) is 38.4 Å². The maximum atomic E-state index is 13.0. The molecule has 1 aromatic carbocycles. The summed E-state index contributed by atoms with van der Waals surface area (Å²) in [7, 11) is 0. The Morgan fingerprint density at radius 2 is 1.82 bits per heavy atom. The van der Waals surface area contributed by atoms with Gasteiger partial charge < -0.3 is 15.5 Å². The van der Waals surface area contributed by atoms with E-state index in [4.69, 9.17) is 0 Å². The van der Waals surface area contributed by atoms with Crippen molar-refractivity contribution in [2.75, 3.05) is 25.0 Å². The van der Waals surface area contributed by atoms with Crippen LogP contribution in [-0.2, 0) is 15.8 Å². The average Bonchev–Trinajstić information content (AvgIpc) is 3.46. The predicted molar refractivity (Wildman–Crippen MR) is 96.2 cm³/mol. The zero-order chi connectivity index (χ0) is 20.9. The second-order valence-electron chi connectivity index (χ2n) is 7.19. The third-order valence-corrected chi connectivity index (χ3v) is 4.85. The molecule has 1 aliphatic rings. The van der Waals surface area contributed by atoms with Crippen molar-refractivity contribution >= 4 is 17.5 Å². The molecule has 0 saturated heterocycles. The van der Waals surface area contributed by atoms with Crippen molar-refractivity contribution in [3.8, 4) is 6.07 Å². The number of nitrogens with one attached hydrogen (secondary N) is 3. The molecule has 1 aromatic rings. The number of alkyl halides is 3. The minimum Gasteiger partial charge on any atom is -0.333 e. The van der Waals surface area contributed by atoms with Gasteiger partial charge in [0.2, 0.25) is 0 Å². The first kappa shape index (κ1) is 21.7. The predicted octanol–water partition coefficient (Wildman–Crippen LogP) is 1.36. The Morgan fingerprint density at radius 3 is 2.36 bits per heavy atom. The number of halogens is 3. The molecule has 1 aliphatic carbocycles. The largest absolute Gasteiger partial charge is 0.418 e. The molecule has 1 saturated carbocycles. The molecule has 0 bridgehead atoms. The normalized spacial score (nSPS) is 17.1. The van der Waals surface area contributed by atoms with E-state index in [1.807, 2.05) is 0 Å². The monoisotopic (exact) mass is 397 g/mol. The molecule has 6 nitrogen and oxygen atoms in total. The molecule has 0 spiro atoms. The first-order chi connectivity index (χ1) is 13.1. The van der Waals surface area contributed by atoms with Crippen molar-refractivity contribution in [1.29, 1.82) is 5.26 Å². The standard InChI is InChI=1S/C19H23F3N4O2/c1-3-26(11-17(28)25-18(2,12-23)13-8-9-13)10-16(27)24-15-7-5-4-6-14(15)19(20,21)22/h4-7,13H,3,8-11H2,1-2H3,(H,24,27)(H,25,28)/p+1/t18-/m1/s1. The number of nitriles is 1. The van der Waals surface area contributed by atoms with Gasteiger partial charge in [0.15, 0.2) is 13.1 Å². The summed E-state index contributed by atoms with van der Waals surface area (Å²) < 4.78 is 39.1. The lowest BCUT2D eigenvalue weighted by molar-refractivity contribution is -0.881. The van der Waals surface area contributed by atoms with Crippen LogP contribution in [0, 0.1) is 17.2 Å². The fourth-order valence-electron chi connectivity index (χ4n) is 3.02. The van der Waals surface area contributed by atoms with Gasteiger partial charge in [-0.3, -0.25) is 9.59 Å². The Morgan fingerprint density at radius 1 is 1.21 bits per heavy atom. The Kier molecular flexibility index (Phi) is 6.67. The molecule has 0 aliphatic heterocycles. The van der Waals surface area contributed by atoms with Gasteiger partial charge in [-0.25, -0.2) is 0 Å². The van der Waals surface area contributed by atoms with E-state index in [1.165, 1.54) is 18.2 Å². The molecule has 1 fully saturated rings. The van der Waals surface area contributed by atoms with E-state index >= 15 is 0 Å². The number of carbonyl (C=O) groups is 2. The van der Waals surface area contributed by atoms with Gasteiger partial charge in [0.25, 0.3) is 11.8 Å². The average molecular weight is 397 g/mol. The number of anilines is 1. The van der Waals surface area contributed by atoms with Crippen LogP contribution in [0.15, 0.2) is 24.3 Å². The summed E-state index contributed by atoms with van der Waals surface area (Å²) in [6, 6.07) is 6.87. The minimum atomic E-state index is -4.58. The van der Waals surface area contributed by atoms with Crippen molar-refractivity contribution in [3.63, 3.8) is 0 Å². The van der Waals surface area contributed by atoms with E-state index in [-0.39, 0.29) is 30.6 Å². The quantitative estimate of drug-likeness (QED) is 0.619. The van der Waals surface area contributed by atoms with E-state index < -0.39 is 23.2 Å². The topological polar surface area (TPSA) is 86.4 Å². The van der Waals surface area contributed by atoms with E-state index in [2.05, 4.69) is 16.7 Å². The Balaban J connectivity index is 1.95. The number of quaternary nitrogens is 1. The van der Waals surface area contributed by atoms with Crippen LogP contribution in [0.5, 0.6) is 0 Å². The molecule has 2 atom stereocenters. The molecule has 3 N–H and O–H groups in total. The maximum Gasteiger partial charge on any atom is 0.418 e. The summed E-state index contributed by atoms with van der Waals surface area (Å²) in [4.78, 5) is 25.1. The van der Waals surface area contributed by atoms with Crippen LogP contribution in [0.4, 0.5) is 18.9 Å². The number of amides is 2. The van der Waals surface area contributed by atoms with E-state index in [0.717, 1.165) is 18.9 Å². The second kappa shape index (κ2) is 8.61. The highest BCUT2D eigenvalue weighted by Gasteiger charge is 2.43. The molecule has 28 heavy (non-hydrogen) atoms. The molecule has 0 heterocycles. The van der Waals surface area contributed by atoms with E-state index in [0.29, 0.717) is 11.4 Å². The Labute approximate surface area is 161 Å². The van der Waals surface area contributed by atoms with Crippen LogP contribution in [0.25, 0.3) is 0 Å². The first-order valence-electron chi connectivity index (χ1n) is 9.11. The number of para-hydroxylation sites is 1. The van der Waals surface area contributed by atoms with Gasteiger partial charge in [0.1, 0.15) is 5.54 Å². The van der Waals surface area contributed by atoms with Gasteiger partial charge >= 0.3 is 6.18 Å². The molecule has 152 valence electrons. The number of benzene rings is 1. The maximum absolute atomic E-state index is 13.0. The Bertz CT molecular complexity index is 771. The van der Waals surface area contributed by atoms with Crippen LogP contribution in [0.2, 0.25) is 0 Å². The highest BCUT2D eigenvalue weighted by Crippen LogP contribution is 2.39. The van der Waals surface area contributed by atoms with Crippen molar-refractivity contribution in [3.05, 3.63) is 29.8 Å². The minimum absolute atomic E-state index is 0.0468. The van der Waals surface area contributed by atoms with Gasteiger partial charge in [0.05, 0.1) is 23.9 Å². The van der Waals surface area contributed by atoms with Crippen LogP contribution in [0.1, 0.15) is 32.3 Å². The summed E-state index contributed by atoms with van der Waals surface area (Å²) in [6.45, 7) is 3.66. The number of hydrogen-bond acceptors (Lipinski definition) is 3. The van der Waals surface area contributed by atoms with Gasteiger partial charge in [-0.2, -0.15) is 18.4 Å². The third kappa shape index (κ3) is 5.70. The number of likely N-dealkylation sites (N-methyl/N-ethyl adjacent to an activating group) is 1. The lowest BCUT2D eigenvalue weighted by atomic mass is 9.98. The molecule has 2 amide bonds. The molecular weight excluding hydrogens is 373 g/mol. The van der Waals surface area contributed by atoms with Crippen LogP contribution in [0.3, 0.4) is 0 Å². The zero-order valence-corrected chi connectivity index (χ0v) is 15.8. The van der Waals surface area contributed by atoms with Crippen LogP contribution >= 0.6 is 0 Å². The van der Waals surface area contributed by atoms with Crippen LogP contribution in [-0.4, -0.2) is 37.0 Å². The fraction of sp³-hybridized carbons (Fsp3) is 0.526. The highest BCUT2D eigenvalue weighted by atomic mass is 19.4. The molecular formula is C19H24F3N4O2+. The summed E-state index contributed by atoms with van der Waals surface area (Å²) in [5, 5.41) is 14.3. The van der Waals surface area contributed by atoms with Gasteiger partial charge in [-0.15, -0.1) is 0 Å². The number of hydrogen-bond donors (Lipinski definition) is 3.